The van der Waals surface area contributed by atoms with Gasteiger partial charge in [-0.05, 0) is 44.7 Å². The number of aromatic nitrogens is 1. The molecular formula is C21H31N3O3. The van der Waals surface area contributed by atoms with Crippen LogP contribution in [0.15, 0.2) is 18.3 Å². The first-order valence-corrected chi connectivity index (χ1v) is 10.4. The van der Waals surface area contributed by atoms with Crippen LogP contribution in [0.4, 0.5) is 5.82 Å². The molecule has 0 radical (unpaired) electrons. The maximum atomic E-state index is 12.5. The van der Waals surface area contributed by atoms with Crippen LogP contribution in [-0.2, 0) is 9.53 Å². The number of carbonyl (C=O) groups excluding carboxylic acids is 2. The highest BCUT2D eigenvalue weighted by Crippen LogP contribution is 2.18. The molecule has 0 spiro atoms. The number of anilines is 1. The van der Waals surface area contributed by atoms with E-state index in [1.165, 1.54) is 25.7 Å². The van der Waals surface area contributed by atoms with Gasteiger partial charge in [-0.3, -0.25) is 4.79 Å². The fourth-order valence-electron chi connectivity index (χ4n) is 3.82. The van der Waals surface area contributed by atoms with Gasteiger partial charge in [0.25, 0.3) is 5.91 Å². The summed E-state index contributed by atoms with van der Waals surface area (Å²) < 4.78 is 5.41. The van der Waals surface area contributed by atoms with Gasteiger partial charge in [-0.1, -0.05) is 25.7 Å². The molecule has 0 bridgehead atoms. The topological polar surface area (TPSA) is 62.7 Å². The first kappa shape index (κ1) is 19.6. The quantitative estimate of drug-likeness (QED) is 0.757. The first-order chi connectivity index (χ1) is 13.1. The lowest BCUT2D eigenvalue weighted by atomic mass is 10.2. The number of ether oxygens (including phenoxy) is 1. The number of pyridine rings is 1. The summed E-state index contributed by atoms with van der Waals surface area (Å²) in [5, 5.41) is 0. The van der Waals surface area contributed by atoms with Crippen LogP contribution in [0.5, 0.6) is 0 Å². The third kappa shape index (κ3) is 5.44. The molecule has 27 heavy (non-hydrogen) atoms. The van der Waals surface area contributed by atoms with Crippen LogP contribution < -0.4 is 4.90 Å². The number of nitrogens with zero attached hydrogens (tertiary/aromatic N) is 3. The molecule has 0 N–H and O–H groups in total. The van der Waals surface area contributed by atoms with E-state index in [1.807, 2.05) is 11.0 Å². The molecule has 6 nitrogen and oxygen atoms in total. The van der Waals surface area contributed by atoms with Gasteiger partial charge in [-0.25, -0.2) is 9.78 Å². The third-order valence-electron chi connectivity index (χ3n) is 5.46. The lowest BCUT2D eigenvalue weighted by Crippen LogP contribution is -2.40. The number of hydrogen-bond donors (Lipinski definition) is 0. The third-order valence-corrected chi connectivity index (χ3v) is 5.46. The summed E-state index contributed by atoms with van der Waals surface area (Å²) in [5.41, 5.74) is 0.393. The molecule has 2 aliphatic heterocycles. The maximum Gasteiger partial charge on any atom is 0.340 e. The molecule has 0 unspecified atom stereocenters. The van der Waals surface area contributed by atoms with Crippen molar-refractivity contribution in [2.75, 3.05) is 31.1 Å². The summed E-state index contributed by atoms with van der Waals surface area (Å²) in [6.45, 7) is 5.19. The molecule has 2 aliphatic rings. The molecule has 0 saturated carbocycles. The van der Waals surface area contributed by atoms with Crippen molar-refractivity contribution < 1.29 is 14.3 Å². The van der Waals surface area contributed by atoms with Crippen LogP contribution in [0.1, 0.15) is 68.6 Å². The molecular weight excluding hydrogens is 342 g/mol. The highest BCUT2D eigenvalue weighted by molar-refractivity contribution is 5.92. The minimum absolute atomic E-state index is 0.0978. The molecule has 0 aromatic carbocycles. The van der Waals surface area contributed by atoms with Crippen LogP contribution in [0.25, 0.3) is 0 Å². The average Bonchev–Trinajstić information content (AvgIpc) is 3.12. The Labute approximate surface area is 161 Å². The van der Waals surface area contributed by atoms with Crippen molar-refractivity contribution in [3.8, 4) is 0 Å². The summed E-state index contributed by atoms with van der Waals surface area (Å²) in [7, 11) is 0. The van der Waals surface area contributed by atoms with E-state index in [-0.39, 0.29) is 5.91 Å². The smallest absolute Gasteiger partial charge is 0.340 e. The Balaban J connectivity index is 1.56. The van der Waals surface area contributed by atoms with E-state index >= 15 is 0 Å². The van der Waals surface area contributed by atoms with Crippen LogP contribution in [0.2, 0.25) is 0 Å². The Morgan fingerprint density at radius 3 is 2.07 bits per heavy atom. The Bertz CT molecular complexity index is 616. The van der Waals surface area contributed by atoms with Crippen molar-refractivity contribution >= 4 is 17.7 Å². The Morgan fingerprint density at radius 1 is 0.926 bits per heavy atom. The van der Waals surface area contributed by atoms with Crippen molar-refractivity contribution in [2.45, 2.75) is 64.4 Å². The number of amides is 1. The minimum atomic E-state index is -0.763. The molecule has 2 fully saturated rings. The van der Waals surface area contributed by atoms with Gasteiger partial charge in [-0.15, -0.1) is 0 Å². The molecule has 3 rings (SSSR count). The number of likely N-dealkylation sites (tertiary alicyclic amines) is 1. The van der Waals surface area contributed by atoms with Gasteiger partial charge in [0.05, 0.1) is 5.56 Å². The van der Waals surface area contributed by atoms with Crippen LogP contribution in [0.3, 0.4) is 0 Å². The second-order valence-corrected chi connectivity index (χ2v) is 7.59. The van der Waals surface area contributed by atoms with Gasteiger partial charge in [0, 0.05) is 32.4 Å². The zero-order valence-electron chi connectivity index (χ0n) is 16.4. The Kier molecular flexibility index (Phi) is 7.07. The van der Waals surface area contributed by atoms with Gasteiger partial charge < -0.3 is 14.5 Å². The molecule has 3 heterocycles. The monoisotopic (exact) mass is 373 g/mol. The normalized spacial score (nSPS) is 19.7. The summed E-state index contributed by atoms with van der Waals surface area (Å²) in [6, 6.07) is 3.63. The fourth-order valence-corrected chi connectivity index (χ4v) is 3.82. The molecule has 0 aliphatic carbocycles. The number of hydrogen-bond acceptors (Lipinski definition) is 5. The number of rotatable bonds is 4. The summed E-state index contributed by atoms with van der Waals surface area (Å²) >= 11 is 0. The number of carbonyl (C=O) groups is 2. The van der Waals surface area contributed by atoms with Gasteiger partial charge in [0.1, 0.15) is 5.82 Å². The van der Waals surface area contributed by atoms with Crippen LogP contribution in [-0.4, -0.2) is 54.0 Å². The van der Waals surface area contributed by atoms with Crippen molar-refractivity contribution in [3.05, 3.63) is 23.9 Å². The minimum Gasteiger partial charge on any atom is -0.449 e. The van der Waals surface area contributed by atoms with E-state index in [4.69, 9.17) is 4.74 Å². The molecule has 1 aromatic heterocycles. The first-order valence-electron chi connectivity index (χ1n) is 10.4. The molecule has 2 saturated heterocycles. The van der Waals surface area contributed by atoms with Crippen molar-refractivity contribution in [1.29, 1.82) is 0 Å². The van der Waals surface area contributed by atoms with E-state index in [2.05, 4.69) is 9.88 Å². The molecule has 1 amide bonds. The molecule has 6 heteroatoms. The lowest BCUT2D eigenvalue weighted by molar-refractivity contribution is -0.139. The Morgan fingerprint density at radius 2 is 1.52 bits per heavy atom. The van der Waals surface area contributed by atoms with Crippen LogP contribution in [0, 0.1) is 0 Å². The van der Waals surface area contributed by atoms with Crippen LogP contribution >= 0.6 is 0 Å². The summed E-state index contributed by atoms with van der Waals surface area (Å²) in [5.74, 6) is 0.321. The SMILES string of the molecule is C[C@@H](OC(=O)c1ccc(N2CCCCCC2)nc1)C(=O)N1CCCCCC1. The molecule has 148 valence electrons. The van der Waals surface area contributed by atoms with Crippen molar-refractivity contribution in [2.24, 2.45) is 0 Å². The number of esters is 1. The second kappa shape index (κ2) is 9.72. The summed E-state index contributed by atoms with van der Waals surface area (Å²) in [6.07, 6.45) is 10.1. The molecule has 1 atom stereocenters. The standard InChI is InChI=1S/C21H31N3O3/c1-17(20(25)24-14-8-4-5-9-15-24)27-21(26)18-10-11-19(22-16-18)23-12-6-2-3-7-13-23/h10-11,16-17H,2-9,12-15H2,1H3/t17-/m1/s1. The van der Waals surface area contributed by atoms with E-state index in [0.29, 0.717) is 5.56 Å². The van der Waals surface area contributed by atoms with Gasteiger partial charge in [0.2, 0.25) is 0 Å². The fraction of sp³-hybridized carbons (Fsp3) is 0.667. The largest absolute Gasteiger partial charge is 0.449 e. The van der Waals surface area contributed by atoms with Crippen molar-refractivity contribution in [3.63, 3.8) is 0 Å². The van der Waals surface area contributed by atoms with E-state index in [1.54, 1.807) is 19.2 Å². The van der Waals surface area contributed by atoms with Gasteiger partial charge in [-0.2, -0.15) is 0 Å². The molecule has 1 aromatic rings. The highest BCUT2D eigenvalue weighted by Gasteiger charge is 2.25. The summed E-state index contributed by atoms with van der Waals surface area (Å²) in [4.78, 5) is 33.5. The Hall–Kier alpha value is -2.11. The average molecular weight is 373 g/mol. The predicted octanol–water partition coefficient (Wildman–Crippen LogP) is 3.41. The lowest BCUT2D eigenvalue weighted by Gasteiger charge is -2.24. The van der Waals surface area contributed by atoms with E-state index in [0.717, 1.165) is 57.7 Å². The highest BCUT2D eigenvalue weighted by atomic mass is 16.5. The van der Waals surface area contributed by atoms with E-state index < -0.39 is 12.1 Å². The van der Waals surface area contributed by atoms with Gasteiger partial charge in [0.15, 0.2) is 6.10 Å². The van der Waals surface area contributed by atoms with E-state index in [9.17, 15) is 9.59 Å². The second-order valence-electron chi connectivity index (χ2n) is 7.59. The zero-order valence-corrected chi connectivity index (χ0v) is 16.4. The zero-order chi connectivity index (χ0) is 19.1. The van der Waals surface area contributed by atoms with Gasteiger partial charge >= 0.3 is 5.97 Å². The van der Waals surface area contributed by atoms with Crippen molar-refractivity contribution in [1.82, 2.24) is 9.88 Å². The maximum absolute atomic E-state index is 12.5. The predicted molar refractivity (Wildman–Crippen MR) is 105 cm³/mol.